The maximum Gasteiger partial charge on any atom is 0.264 e. The van der Waals surface area contributed by atoms with Gasteiger partial charge in [0.15, 0.2) is 5.11 Å². The van der Waals surface area contributed by atoms with Gasteiger partial charge in [-0.3, -0.25) is 4.31 Å². The fourth-order valence-corrected chi connectivity index (χ4v) is 6.28. The van der Waals surface area contributed by atoms with Crippen molar-refractivity contribution >= 4 is 67.6 Å². The molecule has 4 rings (SSSR count). The predicted molar refractivity (Wildman–Crippen MR) is 137 cm³/mol. The molecule has 0 amide bonds. The third-order valence-electron chi connectivity index (χ3n) is 5.30. The van der Waals surface area contributed by atoms with Crippen LogP contribution in [0.4, 0.5) is 21.5 Å². The number of nitrogens with zero attached hydrogens (tertiary/aromatic N) is 1. The van der Waals surface area contributed by atoms with Crippen LogP contribution in [0.1, 0.15) is 18.9 Å². The van der Waals surface area contributed by atoms with Crippen molar-refractivity contribution in [3.05, 3.63) is 82.1 Å². The summed E-state index contributed by atoms with van der Waals surface area (Å²) < 4.78 is 41.9. The van der Waals surface area contributed by atoms with Gasteiger partial charge < -0.3 is 10.6 Å². The smallest absolute Gasteiger partial charge is 0.264 e. The number of anilines is 3. The largest absolute Gasteiger partial charge is 0.332 e. The second-order valence-corrected chi connectivity index (χ2v) is 10.8. The number of hydrogen-bond acceptors (Lipinski definition) is 3. The average molecular weight is 524 g/mol. The summed E-state index contributed by atoms with van der Waals surface area (Å²) >= 11 is 17.3. The van der Waals surface area contributed by atoms with E-state index in [1.165, 1.54) is 34.6 Å². The minimum Gasteiger partial charge on any atom is -0.332 e. The van der Waals surface area contributed by atoms with E-state index in [-0.39, 0.29) is 16.8 Å². The molecule has 1 aliphatic heterocycles. The molecule has 1 aliphatic rings. The Morgan fingerprint density at radius 2 is 1.64 bits per heavy atom. The van der Waals surface area contributed by atoms with Crippen molar-refractivity contribution in [3.8, 4) is 0 Å². The van der Waals surface area contributed by atoms with E-state index in [1.54, 1.807) is 30.3 Å². The van der Waals surface area contributed by atoms with E-state index in [0.717, 1.165) is 0 Å². The number of sulfonamides is 1. The highest BCUT2D eigenvalue weighted by Gasteiger charge is 2.34. The molecule has 1 heterocycles. The van der Waals surface area contributed by atoms with Gasteiger partial charge in [0, 0.05) is 27.5 Å². The fourth-order valence-electron chi connectivity index (χ4n) is 3.80. The van der Waals surface area contributed by atoms with Crippen LogP contribution in [0, 0.1) is 5.82 Å². The summed E-state index contributed by atoms with van der Waals surface area (Å²) in [4.78, 5) is 0.137. The summed E-state index contributed by atoms with van der Waals surface area (Å²) in [6, 6.07) is 15.2. The van der Waals surface area contributed by atoms with Gasteiger partial charge >= 0.3 is 0 Å². The number of hydrogen-bond donors (Lipinski definition) is 2. The Morgan fingerprint density at radius 3 is 2.30 bits per heavy atom. The van der Waals surface area contributed by atoms with Gasteiger partial charge in [-0.25, -0.2) is 12.8 Å². The molecule has 1 atom stereocenters. The van der Waals surface area contributed by atoms with Crippen LogP contribution in [0.5, 0.6) is 0 Å². The highest BCUT2D eigenvalue weighted by Crippen LogP contribution is 2.36. The summed E-state index contributed by atoms with van der Waals surface area (Å²) in [6.07, 6.45) is 1.24. The second kappa shape index (κ2) is 9.46. The van der Waals surface area contributed by atoms with Crippen molar-refractivity contribution in [2.75, 3.05) is 14.9 Å². The molecule has 0 saturated heterocycles. The molecule has 172 valence electrons. The lowest BCUT2D eigenvalue weighted by Gasteiger charge is -2.36. The zero-order chi connectivity index (χ0) is 23.8. The van der Waals surface area contributed by atoms with E-state index >= 15 is 0 Å². The van der Waals surface area contributed by atoms with Crippen LogP contribution in [0.25, 0.3) is 0 Å². The molecule has 33 heavy (non-hydrogen) atoms. The van der Waals surface area contributed by atoms with Crippen LogP contribution in [0.2, 0.25) is 10.0 Å². The van der Waals surface area contributed by atoms with Crippen LogP contribution in [0.15, 0.2) is 65.6 Å². The number of fused-ring (bicyclic) bond motifs is 1. The van der Waals surface area contributed by atoms with Crippen LogP contribution in [-0.4, -0.2) is 19.6 Å². The van der Waals surface area contributed by atoms with Gasteiger partial charge in [-0.15, -0.1) is 0 Å². The first-order valence-corrected chi connectivity index (χ1v) is 12.7. The van der Waals surface area contributed by atoms with Crippen LogP contribution >= 0.6 is 35.4 Å². The van der Waals surface area contributed by atoms with Gasteiger partial charge in [0.2, 0.25) is 0 Å². The van der Waals surface area contributed by atoms with Crippen molar-refractivity contribution < 1.29 is 12.8 Å². The fraction of sp³-hybridized carbons (Fsp3) is 0.174. The van der Waals surface area contributed by atoms with Crippen LogP contribution in [0.3, 0.4) is 0 Å². The monoisotopic (exact) mass is 523 g/mol. The molecule has 1 unspecified atom stereocenters. The molecule has 0 aromatic heterocycles. The molecule has 0 fully saturated rings. The van der Waals surface area contributed by atoms with Gasteiger partial charge in [-0.2, -0.15) is 0 Å². The second-order valence-electron chi connectivity index (χ2n) is 7.72. The highest BCUT2D eigenvalue weighted by molar-refractivity contribution is 7.92. The number of rotatable bonds is 4. The van der Waals surface area contributed by atoms with Crippen molar-refractivity contribution in [1.82, 2.24) is 0 Å². The summed E-state index contributed by atoms with van der Waals surface area (Å²) in [5, 5.41) is 7.22. The molecule has 5 nitrogen and oxygen atoms in total. The van der Waals surface area contributed by atoms with E-state index in [2.05, 4.69) is 10.6 Å². The molecule has 2 N–H and O–H groups in total. The molecule has 0 aliphatic carbocycles. The molecule has 3 aromatic rings. The molecular weight excluding hydrogens is 504 g/mol. The van der Waals surface area contributed by atoms with E-state index < -0.39 is 10.0 Å². The topological polar surface area (TPSA) is 61.4 Å². The first kappa shape index (κ1) is 23.8. The predicted octanol–water partition coefficient (Wildman–Crippen LogP) is 6.47. The van der Waals surface area contributed by atoms with Crippen LogP contribution in [-0.2, 0) is 16.4 Å². The van der Waals surface area contributed by atoms with Crippen LogP contribution < -0.4 is 14.9 Å². The van der Waals surface area contributed by atoms with Gasteiger partial charge in [-0.05, 0) is 98.2 Å². The molecular formula is C23H20Cl2FN3O2S2. The number of thiocarbonyl (C=S) groups is 1. The van der Waals surface area contributed by atoms with Gasteiger partial charge in [-0.1, -0.05) is 23.2 Å². The van der Waals surface area contributed by atoms with E-state index in [1.807, 2.05) is 6.92 Å². The van der Waals surface area contributed by atoms with Gasteiger partial charge in [0.1, 0.15) is 5.82 Å². The standard InChI is InChI=1S/C23H20Cl2FN3O2S2/c1-14-2-3-15-10-18(26)4-9-22(15)29(14)33(30,31)21-7-5-19(6-8-21)27-23(32)28-20-12-16(24)11-17(25)13-20/h4-14H,2-3H2,1H3,(H2,27,28,32). The lowest BCUT2D eigenvalue weighted by atomic mass is 9.99. The minimum absolute atomic E-state index is 0.137. The van der Waals surface area contributed by atoms with E-state index in [0.29, 0.717) is 50.6 Å². The number of aryl methyl sites for hydroxylation is 1. The Labute approximate surface area is 207 Å². The van der Waals surface area contributed by atoms with Crippen molar-refractivity contribution in [2.45, 2.75) is 30.7 Å². The summed E-state index contributed by atoms with van der Waals surface area (Å²) in [7, 11) is -3.84. The maximum absolute atomic E-state index is 13.7. The molecule has 0 radical (unpaired) electrons. The van der Waals surface area contributed by atoms with Gasteiger partial charge in [0.25, 0.3) is 10.0 Å². The maximum atomic E-state index is 13.7. The first-order valence-electron chi connectivity index (χ1n) is 10.1. The minimum atomic E-state index is -3.84. The lowest BCUT2D eigenvalue weighted by Crippen LogP contribution is -2.42. The summed E-state index contributed by atoms with van der Waals surface area (Å²) in [6.45, 7) is 1.85. The molecule has 3 aromatic carbocycles. The molecule has 0 bridgehead atoms. The molecule has 10 heteroatoms. The summed E-state index contributed by atoms with van der Waals surface area (Å²) in [5.74, 6) is -0.374. The lowest BCUT2D eigenvalue weighted by molar-refractivity contribution is 0.560. The average Bonchev–Trinajstić information content (AvgIpc) is 2.73. The van der Waals surface area contributed by atoms with E-state index in [4.69, 9.17) is 35.4 Å². The first-order chi connectivity index (χ1) is 15.6. The summed E-state index contributed by atoms with van der Waals surface area (Å²) in [5.41, 5.74) is 2.43. The number of halogens is 3. The third-order valence-corrected chi connectivity index (χ3v) is 7.88. The van der Waals surface area contributed by atoms with Crippen molar-refractivity contribution in [1.29, 1.82) is 0 Å². The zero-order valence-corrected chi connectivity index (χ0v) is 20.6. The highest BCUT2D eigenvalue weighted by atomic mass is 35.5. The van der Waals surface area contributed by atoms with Crippen molar-refractivity contribution in [3.63, 3.8) is 0 Å². The normalized spacial score (nSPS) is 15.6. The molecule has 0 saturated carbocycles. The number of benzene rings is 3. The Hall–Kier alpha value is -2.39. The molecule has 0 spiro atoms. The zero-order valence-electron chi connectivity index (χ0n) is 17.5. The van der Waals surface area contributed by atoms with Crippen molar-refractivity contribution in [2.24, 2.45) is 0 Å². The Morgan fingerprint density at radius 1 is 1.00 bits per heavy atom. The Bertz CT molecular complexity index is 1300. The number of nitrogens with one attached hydrogen (secondary N) is 2. The van der Waals surface area contributed by atoms with E-state index in [9.17, 15) is 12.8 Å². The van der Waals surface area contributed by atoms with Gasteiger partial charge in [0.05, 0.1) is 10.6 Å². The quantitative estimate of drug-likeness (QED) is 0.383. The Kier molecular flexibility index (Phi) is 6.81. The Balaban J connectivity index is 1.52. The third kappa shape index (κ3) is 5.24. The SMILES string of the molecule is CC1CCc2cc(F)ccc2N1S(=O)(=O)c1ccc(NC(=S)Nc2cc(Cl)cc(Cl)c2)cc1.